The summed E-state index contributed by atoms with van der Waals surface area (Å²) in [5, 5.41) is 0. The maximum atomic E-state index is 6.44. The van der Waals surface area contributed by atoms with Gasteiger partial charge in [-0.15, -0.1) is 0 Å². The average molecular weight is 589 g/mol. The zero-order chi connectivity index (χ0) is 17.2. The summed E-state index contributed by atoms with van der Waals surface area (Å²) in [7, 11) is 3.76. The summed E-state index contributed by atoms with van der Waals surface area (Å²) in [5.41, 5.74) is 6.75. The van der Waals surface area contributed by atoms with Gasteiger partial charge < -0.3 is 14.4 Å². The van der Waals surface area contributed by atoms with Crippen molar-refractivity contribution in [2.45, 2.75) is 38.2 Å². The molecule has 1 aliphatic carbocycles. The van der Waals surface area contributed by atoms with Crippen molar-refractivity contribution in [1.29, 1.82) is 0 Å². The van der Waals surface area contributed by atoms with E-state index in [1.54, 1.807) is 7.11 Å². The van der Waals surface area contributed by atoms with Crippen molar-refractivity contribution >= 4 is 5.70 Å². The van der Waals surface area contributed by atoms with Crippen LogP contribution in [0, 0.1) is 13.3 Å². The number of methoxy groups -OCH3 is 1. The summed E-state index contributed by atoms with van der Waals surface area (Å²) < 4.78 is 12.1. The standard InChI is InChI=1S/C21H24NO2.3Y/c1-12-7-8-17-21(10-12)11-14(3)22(5)15(4)18-13(2)9-16(23-6)20(24-17)19(18)21;;;/h7,9-10,17H,3-4,8,11H2,1-2,5-6H3;;;/q-1;;;. The smallest absolute Gasteiger partial charge is 0.164 e. The van der Waals surface area contributed by atoms with Crippen LogP contribution in [0.5, 0.6) is 11.5 Å². The first-order chi connectivity index (χ1) is 11.4. The molecule has 27 heavy (non-hydrogen) atoms. The van der Waals surface area contributed by atoms with E-state index in [1.807, 2.05) is 0 Å². The van der Waals surface area contributed by atoms with Gasteiger partial charge in [-0.1, -0.05) is 26.5 Å². The summed E-state index contributed by atoms with van der Waals surface area (Å²) in [6.07, 6.45) is 6.45. The molecule has 1 spiro atoms. The summed E-state index contributed by atoms with van der Waals surface area (Å²) in [4.78, 5) is 2.13. The molecule has 135 valence electrons. The van der Waals surface area contributed by atoms with Gasteiger partial charge in [0.15, 0.2) is 11.5 Å². The Hall–Kier alpha value is 1.02. The van der Waals surface area contributed by atoms with Gasteiger partial charge in [0.1, 0.15) is 0 Å². The molecule has 3 radical (unpaired) electrons. The number of aryl methyl sites for hydroxylation is 1. The molecule has 3 aliphatic rings. The number of allylic oxidation sites excluding steroid dienone is 2. The van der Waals surface area contributed by atoms with E-state index >= 15 is 0 Å². The third-order valence-electron chi connectivity index (χ3n) is 5.77. The fourth-order valence-electron chi connectivity index (χ4n) is 4.51. The van der Waals surface area contributed by atoms with Crippen LogP contribution in [0.3, 0.4) is 0 Å². The van der Waals surface area contributed by atoms with E-state index in [9.17, 15) is 0 Å². The van der Waals surface area contributed by atoms with Crippen molar-refractivity contribution in [2.24, 2.45) is 0 Å². The molecule has 0 fully saturated rings. The zero-order valence-corrected chi connectivity index (χ0v) is 25.1. The Morgan fingerprint density at radius 3 is 2.56 bits per heavy atom. The zero-order valence-electron chi connectivity index (χ0n) is 16.6. The number of ether oxygens (including phenoxy) is 2. The second-order valence-corrected chi connectivity index (χ2v) is 7.20. The minimum Gasteiger partial charge on any atom is -0.493 e. The van der Waals surface area contributed by atoms with Gasteiger partial charge in [-0.2, -0.15) is 0 Å². The van der Waals surface area contributed by atoms with Gasteiger partial charge in [0.2, 0.25) is 0 Å². The van der Waals surface area contributed by atoms with Crippen molar-refractivity contribution in [3.8, 4) is 11.5 Å². The third-order valence-corrected chi connectivity index (χ3v) is 5.77. The summed E-state index contributed by atoms with van der Waals surface area (Å²) in [6, 6.07) is 2.06. The quantitative estimate of drug-likeness (QED) is 0.455. The van der Waals surface area contributed by atoms with Crippen molar-refractivity contribution in [2.75, 3.05) is 14.2 Å². The summed E-state index contributed by atoms with van der Waals surface area (Å²) in [5.74, 6) is 1.70. The van der Waals surface area contributed by atoms with Crippen LogP contribution in [-0.4, -0.2) is 25.2 Å². The second-order valence-electron chi connectivity index (χ2n) is 7.20. The van der Waals surface area contributed by atoms with E-state index in [0.29, 0.717) is 0 Å². The van der Waals surface area contributed by atoms with Crippen LogP contribution < -0.4 is 9.47 Å². The monoisotopic (exact) mass is 589 g/mol. The van der Waals surface area contributed by atoms with Gasteiger partial charge in [-0.05, 0) is 30.4 Å². The summed E-state index contributed by atoms with van der Waals surface area (Å²) in [6.45, 7) is 13.0. The first-order valence-corrected chi connectivity index (χ1v) is 8.41. The molecule has 0 amide bonds. The van der Waals surface area contributed by atoms with Crippen LogP contribution in [0.2, 0.25) is 0 Å². The fourth-order valence-corrected chi connectivity index (χ4v) is 4.51. The predicted molar refractivity (Wildman–Crippen MR) is 97.1 cm³/mol. The Labute approximate surface area is 238 Å². The maximum absolute atomic E-state index is 6.44. The molecule has 0 saturated heterocycles. The van der Waals surface area contributed by atoms with Gasteiger partial charge >= 0.3 is 0 Å². The number of hydrogen-bond donors (Lipinski definition) is 0. The molecule has 2 atom stereocenters. The van der Waals surface area contributed by atoms with E-state index in [4.69, 9.17) is 9.47 Å². The van der Waals surface area contributed by atoms with Crippen LogP contribution in [0.15, 0.2) is 36.6 Å². The summed E-state index contributed by atoms with van der Waals surface area (Å²) >= 11 is 0. The van der Waals surface area contributed by atoms with Crippen molar-refractivity contribution in [1.82, 2.24) is 4.90 Å². The van der Waals surface area contributed by atoms with Crippen LogP contribution in [-0.2, 0) is 104 Å². The minimum atomic E-state index is -0.187. The van der Waals surface area contributed by atoms with Crippen molar-refractivity contribution in [3.05, 3.63) is 59.7 Å². The molecule has 0 saturated carbocycles. The molecule has 1 aromatic rings. The fraction of sp³-hybridized carbons (Fsp3) is 0.381. The topological polar surface area (TPSA) is 21.7 Å². The number of nitrogens with zero attached hydrogens (tertiary/aromatic N) is 1. The predicted octanol–water partition coefficient (Wildman–Crippen LogP) is 4.37. The van der Waals surface area contributed by atoms with E-state index < -0.39 is 0 Å². The van der Waals surface area contributed by atoms with Crippen LogP contribution >= 0.6 is 0 Å². The molecule has 0 N–H and O–H groups in total. The van der Waals surface area contributed by atoms with Gasteiger partial charge in [0.05, 0.1) is 13.2 Å². The second kappa shape index (κ2) is 9.44. The largest absolute Gasteiger partial charge is 0.493 e. The Bertz CT molecular complexity index is 818. The number of rotatable bonds is 1. The number of hydrogen-bond acceptors (Lipinski definition) is 3. The normalized spacial score (nSPS) is 24.5. The molecule has 1 aromatic carbocycles. The van der Waals surface area contributed by atoms with Gasteiger partial charge in [0.25, 0.3) is 0 Å². The van der Waals surface area contributed by atoms with E-state index in [-0.39, 0.29) is 110 Å². The van der Waals surface area contributed by atoms with Crippen molar-refractivity contribution in [3.63, 3.8) is 0 Å². The first-order valence-electron chi connectivity index (χ1n) is 8.41. The Kier molecular flexibility index (Phi) is 9.11. The molecule has 0 aromatic heterocycles. The van der Waals surface area contributed by atoms with Crippen molar-refractivity contribution < 1.29 is 108 Å². The Morgan fingerprint density at radius 2 is 1.93 bits per heavy atom. The molecular weight excluding hydrogens is 565 g/mol. The van der Waals surface area contributed by atoms with Crippen LogP contribution in [0.1, 0.15) is 36.5 Å². The molecule has 2 unspecified atom stereocenters. The Balaban J connectivity index is 0.00000121. The van der Waals surface area contributed by atoms with E-state index in [1.165, 1.54) is 22.3 Å². The van der Waals surface area contributed by atoms with Crippen LogP contribution in [0.25, 0.3) is 5.70 Å². The third kappa shape index (κ3) is 3.88. The SMILES string of the molecule is C=C1CC23C=C(C)[CH-]CC2Oc2c(OC)cc(C)c(c23)C(=C)N1C.[Y].[Y].[Y]. The van der Waals surface area contributed by atoms with E-state index in [2.05, 4.69) is 57.5 Å². The average Bonchev–Trinajstić information content (AvgIpc) is 2.83. The van der Waals surface area contributed by atoms with Gasteiger partial charge in [-0.25, -0.2) is 18.1 Å². The molecule has 0 bridgehead atoms. The molecule has 2 aliphatic heterocycles. The Morgan fingerprint density at radius 1 is 1.26 bits per heavy atom. The van der Waals surface area contributed by atoms with Crippen LogP contribution in [0.4, 0.5) is 0 Å². The number of benzene rings is 1. The molecule has 6 heteroatoms. The minimum absolute atomic E-state index is 0. The molecule has 3 nitrogen and oxygen atoms in total. The van der Waals surface area contributed by atoms with Gasteiger partial charge in [-0.3, -0.25) is 0 Å². The van der Waals surface area contributed by atoms with Gasteiger partial charge in [0, 0.05) is 128 Å². The maximum Gasteiger partial charge on any atom is 0.164 e. The first kappa shape index (κ1) is 26.1. The molecule has 4 rings (SSSR count). The molecule has 2 heterocycles. The van der Waals surface area contributed by atoms with E-state index in [0.717, 1.165) is 35.7 Å². The molecular formula is C21H24NO2Y3-.